The lowest BCUT2D eigenvalue weighted by molar-refractivity contribution is -0.147. The van der Waals surface area contributed by atoms with Gasteiger partial charge in [0.05, 0.1) is 10.7 Å². The minimum absolute atomic E-state index is 0.109. The molecule has 6 nitrogen and oxygen atoms in total. The molecule has 0 spiro atoms. The highest BCUT2D eigenvalue weighted by Crippen LogP contribution is 2.24. The van der Waals surface area contributed by atoms with Crippen molar-refractivity contribution in [1.82, 2.24) is 9.38 Å². The zero-order valence-corrected chi connectivity index (χ0v) is 16.0. The zero-order valence-electron chi connectivity index (χ0n) is 15.3. The summed E-state index contributed by atoms with van der Waals surface area (Å²) in [6.45, 7) is 5.54. The Morgan fingerprint density at radius 2 is 1.85 bits per heavy atom. The molecule has 2 heterocycles. The predicted octanol–water partition coefficient (Wildman–Crippen LogP) is 3.40. The number of nitrogens with zero attached hydrogens (tertiary/aromatic N) is 2. The summed E-state index contributed by atoms with van der Waals surface area (Å²) in [5.74, 6) is 0.143. The van der Waals surface area contributed by atoms with E-state index in [1.54, 1.807) is 12.1 Å². The average molecular weight is 387 g/mol. The van der Waals surface area contributed by atoms with Gasteiger partial charge in [-0.1, -0.05) is 29.3 Å². The minimum Gasteiger partial charge on any atom is -0.481 e. The van der Waals surface area contributed by atoms with E-state index < -0.39 is 5.97 Å². The summed E-state index contributed by atoms with van der Waals surface area (Å²) in [5.41, 5.74) is 3.55. The number of hydrogen-bond donors (Lipinski definition) is 0. The van der Waals surface area contributed by atoms with Gasteiger partial charge in [0.25, 0.3) is 5.56 Å². The smallest absolute Gasteiger partial charge is 0.344 e. The maximum Gasteiger partial charge on any atom is 0.344 e. The van der Waals surface area contributed by atoms with Crippen LogP contribution in [0.1, 0.15) is 22.4 Å². The van der Waals surface area contributed by atoms with Gasteiger partial charge in [-0.15, -0.1) is 0 Å². The van der Waals surface area contributed by atoms with Crippen molar-refractivity contribution in [2.75, 3.05) is 6.61 Å². The molecule has 3 aromatic rings. The Morgan fingerprint density at radius 3 is 2.56 bits per heavy atom. The molecular weight excluding hydrogens is 368 g/mol. The fourth-order valence-corrected chi connectivity index (χ4v) is 3.08. The quantitative estimate of drug-likeness (QED) is 0.628. The molecule has 0 atom stereocenters. The third kappa shape index (κ3) is 4.46. The molecule has 0 radical (unpaired) electrons. The molecule has 140 valence electrons. The number of halogens is 1. The molecule has 0 aliphatic rings. The first-order valence-corrected chi connectivity index (χ1v) is 8.75. The first-order chi connectivity index (χ1) is 12.8. The summed E-state index contributed by atoms with van der Waals surface area (Å²) < 4.78 is 12.1. The van der Waals surface area contributed by atoms with Crippen molar-refractivity contribution in [2.24, 2.45) is 0 Å². The van der Waals surface area contributed by atoms with Crippen LogP contribution in [0.15, 0.2) is 41.3 Å². The normalized spacial score (nSPS) is 10.8. The van der Waals surface area contributed by atoms with Crippen LogP contribution in [0, 0.1) is 20.8 Å². The maximum absolute atomic E-state index is 12.1. The van der Waals surface area contributed by atoms with Gasteiger partial charge < -0.3 is 9.47 Å². The van der Waals surface area contributed by atoms with Crippen LogP contribution in [0.5, 0.6) is 5.75 Å². The van der Waals surface area contributed by atoms with E-state index in [-0.39, 0.29) is 18.8 Å². The number of carbonyl (C=O) groups excluding carboxylic acids is 1. The van der Waals surface area contributed by atoms with Crippen molar-refractivity contribution >= 4 is 23.2 Å². The molecule has 0 aliphatic heterocycles. The lowest BCUT2D eigenvalue weighted by Crippen LogP contribution is -2.19. The van der Waals surface area contributed by atoms with Gasteiger partial charge >= 0.3 is 5.97 Å². The number of pyridine rings is 1. The molecule has 0 bridgehead atoms. The van der Waals surface area contributed by atoms with E-state index in [1.165, 1.54) is 16.7 Å². The molecule has 0 saturated carbocycles. The van der Waals surface area contributed by atoms with Crippen molar-refractivity contribution < 1.29 is 14.3 Å². The lowest BCUT2D eigenvalue weighted by Gasteiger charge is -2.12. The first-order valence-electron chi connectivity index (χ1n) is 8.37. The summed E-state index contributed by atoms with van der Waals surface area (Å²) in [7, 11) is 0. The minimum atomic E-state index is -0.535. The summed E-state index contributed by atoms with van der Waals surface area (Å²) in [5, 5.41) is 0.435. The van der Waals surface area contributed by atoms with E-state index in [0.29, 0.717) is 22.1 Å². The number of carbonyl (C=O) groups is 1. The SMILES string of the molecule is Cc1cc(C)c(OCC(=O)OCc2cc(=O)n3cc(Cl)ccc3n2)c(C)c1. The van der Waals surface area contributed by atoms with Gasteiger partial charge in [0.1, 0.15) is 18.0 Å². The Morgan fingerprint density at radius 1 is 1.15 bits per heavy atom. The van der Waals surface area contributed by atoms with Crippen LogP contribution in [-0.4, -0.2) is 22.0 Å². The van der Waals surface area contributed by atoms with Gasteiger partial charge in [-0.25, -0.2) is 9.78 Å². The van der Waals surface area contributed by atoms with Crippen molar-refractivity contribution in [3.8, 4) is 5.75 Å². The van der Waals surface area contributed by atoms with Gasteiger partial charge in [-0.2, -0.15) is 0 Å². The van der Waals surface area contributed by atoms with E-state index >= 15 is 0 Å². The van der Waals surface area contributed by atoms with Crippen molar-refractivity contribution in [3.63, 3.8) is 0 Å². The highest BCUT2D eigenvalue weighted by atomic mass is 35.5. The molecule has 0 aliphatic carbocycles. The Hall–Kier alpha value is -2.86. The number of ether oxygens (including phenoxy) is 2. The average Bonchev–Trinajstić information content (AvgIpc) is 2.59. The summed E-state index contributed by atoms with van der Waals surface area (Å²) in [4.78, 5) is 28.4. The molecule has 7 heteroatoms. The number of aromatic nitrogens is 2. The second-order valence-corrected chi connectivity index (χ2v) is 6.77. The Labute approximate surface area is 161 Å². The van der Waals surface area contributed by atoms with Crippen molar-refractivity contribution in [2.45, 2.75) is 27.4 Å². The van der Waals surface area contributed by atoms with Crippen LogP contribution in [-0.2, 0) is 16.1 Å². The molecule has 1 aromatic carbocycles. The van der Waals surface area contributed by atoms with Crippen LogP contribution >= 0.6 is 11.6 Å². The lowest BCUT2D eigenvalue weighted by atomic mass is 10.1. The van der Waals surface area contributed by atoms with Gasteiger partial charge in [0.15, 0.2) is 6.61 Å². The molecule has 0 fully saturated rings. The molecule has 2 aromatic heterocycles. The van der Waals surface area contributed by atoms with Crippen LogP contribution in [0.2, 0.25) is 5.02 Å². The van der Waals surface area contributed by atoms with Gasteiger partial charge in [-0.05, 0) is 44.0 Å². The fourth-order valence-electron chi connectivity index (χ4n) is 2.92. The molecular formula is C20H19ClN2O4. The summed E-state index contributed by atoms with van der Waals surface area (Å²) >= 11 is 5.88. The highest BCUT2D eigenvalue weighted by molar-refractivity contribution is 6.30. The van der Waals surface area contributed by atoms with E-state index in [4.69, 9.17) is 21.1 Å². The number of fused-ring (bicyclic) bond motifs is 1. The Bertz CT molecular complexity index is 1050. The maximum atomic E-state index is 12.1. The number of rotatable bonds is 5. The van der Waals surface area contributed by atoms with E-state index in [9.17, 15) is 9.59 Å². The monoisotopic (exact) mass is 386 g/mol. The van der Waals surface area contributed by atoms with Crippen LogP contribution in [0.4, 0.5) is 0 Å². The Kier molecular flexibility index (Phi) is 5.46. The number of aryl methyl sites for hydroxylation is 3. The summed E-state index contributed by atoms with van der Waals surface area (Å²) in [6.07, 6.45) is 1.49. The summed E-state index contributed by atoms with van der Waals surface area (Å²) in [6, 6.07) is 8.56. The zero-order chi connectivity index (χ0) is 19.6. The van der Waals surface area contributed by atoms with Crippen molar-refractivity contribution in [1.29, 1.82) is 0 Å². The third-order valence-corrected chi connectivity index (χ3v) is 4.22. The number of benzene rings is 1. The second kappa shape index (κ2) is 7.80. The standard InChI is InChI=1S/C20H19ClN2O4/c1-12-6-13(2)20(14(3)7-12)27-11-19(25)26-10-16-8-18(24)23-9-15(21)4-5-17(23)22-16/h4-9H,10-11H2,1-3H3. The van der Waals surface area contributed by atoms with Crippen LogP contribution < -0.4 is 10.3 Å². The molecule has 27 heavy (non-hydrogen) atoms. The van der Waals surface area contributed by atoms with E-state index in [0.717, 1.165) is 16.7 Å². The first kappa shape index (κ1) is 18.9. The Balaban J connectivity index is 1.64. The predicted molar refractivity (Wildman–Crippen MR) is 102 cm³/mol. The topological polar surface area (TPSA) is 69.9 Å². The van der Waals surface area contributed by atoms with Crippen LogP contribution in [0.3, 0.4) is 0 Å². The van der Waals surface area contributed by atoms with Gasteiger partial charge in [-0.3, -0.25) is 9.20 Å². The molecule has 0 unspecified atom stereocenters. The fraction of sp³-hybridized carbons (Fsp3) is 0.250. The highest BCUT2D eigenvalue weighted by Gasteiger charge is 2.11. The van der Waals surface area contributed by atoms with E-state index in [2.05, 4.69) is 4.98 Å². The molecule has 0 saturated heterocycles. The van der Waals surface area contributed by atoms with E-state index in [1.807, 2.05) is 32.9 Å². The number of esters is 1. The molecule has 0 amide bonds. The molecule has 3 rings (SSSR count). The van der Waals surface area contributed by atoms with Crippen molar-refractivity contribution in [3.05, 3.63) is 74.3 Å². The van der Waals surface area contributed by atoms with Gasteiger partial charge in [0, 0.05) is 12.3 Å². The number of hydrogen-bond acceptors (Lipinski definition) is 5. The van der Waals surface area contributed by atoms with Gasteiger partial charge in [0.2, 0.25) is 0 Å². The molecule has 0 N–H and O–H groups in total. The van der Waals surface area contributed by atoms with Crippen LogP contribution in [0.25, 0.3) is 5.65 Å². The second-order valence-electron chi connectivity index (χ2n) is 6.34. The largest absolute Gasteiger partial charge is 0.481 e. The third-order valence-electron chi connectivity index (χ3n) is 4.00.